The molecule has 3 aromatic rings. The third-order valence-electron chi connectivity index (χ3n) is 7.07. The number of nitrogens with one attached hydrogen (secondary N) is 2. The molecule has 1 aromatic carbocycles. The molecular weight excluding hydrogens is 458 g/mol. The van der Waals surface area contributed by atoms with Crippen LogP contribution in [-0.2, 0) is 29.5 Å². The Bertz CT molecular complexity index is 1260. The van der Waals surface area contributed by atoms with Gasteiger partial charge in [0.1, 0.15) is 18.0 Å². The number of amides is 1. The summed E-state index contributed by atoms with van der Waals surface area (Å²) in [4.78, 5) is 30.4. The summed E-state index contributed by atoms with van der Waals surface area (Å²) in [5, 5.41) is 8.31. The second-order valence-electron chi connectivity index (χ2n) is 9.59. The highest BCUT2D eigenvalue weighted by atomic mass is 16.5. The molecule has 1 aliphatic rings. The third kappa shape index (κ3) is 6.14. The van der Waals surface area contributed by atoms with Gasteiger partial charge in [-0.15, -0.1) is 0 Å². The maximum Gasteiger partial charge on any atom is 0.253 e. The van der Waals surface area contributed by atoms with Crippen LogP contribution >= 0.6 is 0 Å². The van der Waals surface area contributed by atoms with Gasteiger partial charge in [0, 0.05) is 56.8 Å². The van der Waals surface area contributed by atoms with Crippen LogP contribution in [0, 0.1) is 13.8 Å². The number of nitrogens with zero attached hydrogens (tertiary/aromatic N) is 3. The number of aromatic nitrogens is 3. The number of rotatable bonds is 10. The number of fused-ring (bicyclic) bond motifs is 1. The van der Waals surface area contributed by atoms with E-state index < -0.39 is 0 Å². The highest BCUT2D eigenvalue weighted by Gasteiger charge is 2.18. The molecule has 3 heterocycles. The number of H-pyrrole nitrogens is 1. The summed E-state index contributed by atoms with van der Waals surface area (Å²) in [7, 11) is 3.94. The molecule has 1 saturated heterocycles. The Labute approximate surface area is 211 Å². The molecule has 0 atom stereocenters. The molecule has 0 spiro atoms. The lowest BCUT2D eigenvalue weighted by Crippen LogP contribution is -2.38. The number of hydrogen-bond acceptors (Lipinski definition) is 6. The van der Waals surface area contributed by atoms with Gasteiger partial charge >= 0.3 is 0 Å². The van der Waals surface area contributed by atoms with Crippen LogP contribution in [0.2, 0.25) is 0 Å². The predicted molar refractivity (Wildman–Crippen MR) is 139 cm³/mol. The first kappa shape index (κ1) is 25.9. The number of carbonyl (C=O) groups excluding carboxylic acids is 1. The molecule has 9 heteroatoms. The van der Waals surface area contributed by atoms with Crippen molar-refractivity contribution < 1.29 is 14.3 Å². The topological polar surface area (TPSA) is 101 Å². The molecule has 194 valence electrons. The SMILES string of the molecule is Cc1nn(C)c2[nH]c(=O)c(CCC(=O)NCc3cccc(OCCN(C)C4CCOCC4)c3)c(C)c12. The van der Waals surface area contributed by atoms with Crippen LogP contribution in [0.4, 0.5) is 0 Å². The van der Waals surface area contributed by atoms with Gasteiger partial charge in [-0.1, -0.05) is 12.1 Å². The molecule has 0 radical (unpaired) electrons. The number of benzene rings is 1. The molecule has 2 N–H and O–H groups in total. The molecule has 36 heavy (non-hydrogen) atoms. The molecule has 1 aliphatic heterocycles. The number of hydrogen-bond donors (Lipinski definition) is 2. The van der Waals surface area contributed by atoms with Crippen LogP contribution < -0.4 is 15.6 Å². The van der Waals surface area contributed by atoms with Crippen molar-refractivity contribution in [1.29, 1.82) is 0 Å². The first-order chi connectivity index (χ1) is 17.3. The largest absolute Gasteiger partial charge is 0.492 e. The van der Waals surface area contributed by atoms with E-state index in [1.165, 1.54) is 0 Å². The van der Waals surface area contributed by atoms with Crippen molar-refractivity contribution in [3.63, 3.8) is 0 Å². The van der Waals surface area contributed by atoms with Gasteiger partial charge in [-0.2, -0.15) is 5.10 Å². The summed E-state index contributed by atoms with van der Waals surface area (Å²) in [6.07, 6.45) is 2.75. The van der Waals surface area contributed by atoms with Gasteiger partial charge in [-0.05, 0) is 63.4 Å². The monoisotopic (exact) mass is 495 g/mol. The molecule has 0 bridgehead atoms. The Morgan fingerprint density at radius 2 is 2.08 bits per heavy atom. The second kappa shape index (κ2) is 11.7. The fraction of sp³-hybridized carbons (Fsp3) is 0.519. The number of ether oxygens (including phenoxy) is 2. The van der Waals surface area contributed by atoms with E-state index in [9.17, 15) is 9.59 Å². The van der Waals surface area contributed by atoms with Crippen LogP contribution in [0.1, 0.15) is 41.6 Å². The first-order valence-corrected chi connectivity index (χ1v) is 12.6. The Morgan fingerprint density at radius 1 is 1.31 bits per heavy atom. The zero-order valence-corrected chi connectivity index (χ0v) is 21.7. The van der Waals surface area contributed by atoms with Gasteiger partial charge in [-0.3, -0.25) is 19.2 Å². The van der Waals surface area contributed by atoms with Crippen molar-refractivity contribution in [3.05, 3.63) is 57.0 Å². The van der Waals surface area contributed by atoms with Crippen molar-refractivity contribution in [1.82, 2.24) is 25.0 Å². The molecular formula is C27H37N5O4. The van der Waals surface area contributed by atoms with Crippen LogP contribution in [0.25, 0.3) is 11.0 Å². The van der Waals surface area contributed by atoms with Crippen molar-refractivity contribution in [2.24, 2.45) is 7.05 Å². The summed E-state index contributed by atoms with van der Waals surface area (Å²) in [5.41, 5.74) is 3.90. The minimum Gasteiger partial charge on any atom is -0.492 e. The molecule has 9 nitrogen and oxygen atoms in total. The number of aromatic amines is 1. The molecule has 1 fully saturated rings. The van der Waals surface area contributed by atoms with E-state index in [0.717, 1.165) is 60.6 Å². The van der Waals surface area contributed by atoms with Crippen molar-refractivity contribution >= 4 is 16.9 Å². The molecule has 0 saturated carbocycles. The normalized spacial score (nSPS) is 14.5. The zero-order valence-electron chi connectivity index (χ0n) is 21.7. The zero-order chi connectivity index (χ0) is 25.7. The highest BCUT2D eigenvalue weighted by molar-refractivity contribution is 5.83. The Hall–Kier alpha value is -3.17. The number of aryl methyl sites for hydroxylation is 3. The van der Waals surface area contributed by atoms with E-state index in [4.69, 9.17) is 9.47 Å². The minimum atomic E-state index is -0.164. The Morgan fingerprint density at radius 3 is 2.86 bits per heavy atom. The lowest BCUT2D eigenvalue weighted by atomic mass is 10.0. The second-order valence-corrected chi connectivity index (χ2v) is 9.59. The predicted octanol–water partition coefficient (Wildman–Crippen LogP) is 2.62. The maximum atomic E-state index is 12.6. The summed E-state index contributed by atoms with van der Waals surface area (Å²) < 4.78 is 13.1. The van der Waals surface area contributed by atoms with Gasteiger partial charge in [-0.25, -0.2) is 0 Å². The lowest BCUT2D eigenvalue weighted by Gasteiger charge is -2.31. The number of likely N-dealkylation sites (N-methyl/N-ethyl adjacent to an activating group) is 1. The van der Waals surface area contributed by atoms with Gasteiger partial charge in [0.2, 0.25) is 5.91 Å². The van der Waals surface area contributed by atoms with Crippen LogP contribution in [-0.4, -0.2) is 65.0 Å². The maximum absolute atomic E-state index is 12.6. The quantitative estimate of drug-likeness (QED) is 0.448. The highest BCUT2D eigenvalue weighted by Crippen LogP contribution is 2.21. The average Bonchev–Trinajstić information content (AvgIpc) is 3.16. The van der Waals surface area contributed by atoms with Gasteiger partial charge in [0.25, 0.3) is 5.56 Å². The molecule has 0 unspecified atom stereocenters. The number of carbonyl (C=O) groups is 1. The van der Waals surface area contributed by atoms with E-state index >= 15 is 0 Å². The van der Waals surface area contributed by atoms with E-state index in [-0.39, 0.29) is 17.9 Å². The van der Waals surface area contributed by atoms with Gasteiger partial charge in [0.15, 0.2) is 0 Å². The van der Waals surface area contributed by atoms with Gasteiger partial charge in [0.05, 0.1) is 5.69 Å². The van der Waals surface area contributed by atoms with Crippen molar-refractivity contribution in [2.75, 3.05) is 33.4 Å². The van der Waals surface area contributed by atoms with E-state index in [1.54, 1.807) is 4.68 Å². The van der Waals surface area contributed by atoms with Crippen LogP contribution in [0.5, 0.6) is 5.75 Å². The summed E-state index contributed by atoms with van der Waals surface area (Å²) >= 11 is 0. The Balaban J connectivity index is 1.26. The number of pyridine rings is 1. The minimum absolute atomic E-state index is 0.0961. The van der Waals surface area contributed by atoms with Crippen LogP contribution in [0.15, 0.2) is 29.1 Å². The van der Waals surface area contributed by atoms with Crippen LogP contribution in [0.3, 0.4) is 0 Å². The molecule has 2 aromatic heterocycles. The van der Waals surface area contributed by atoms with E-state index in [0.29, 0.717) is 36.8 Å². The van der Waals surface area contributed by atoms with E-state index in [1.807, 2.05) is 45.2 Å². The molecule has 4 rings (SSSR count). The summed E-state index contributed by atoms with van der Waals surface area (Å²) in [5.74, 6) is 0.700. The summed E-state index contributed by atoms with van der Waals surface area (Å²) in [6.45, 7) is 7.39. The fourth-order valence-corrected chi connectivity index (χ4v) is 4.94. The smallest absolute Gasteiger partial charge is 0.253 e. The lowest BCUT2D eigenvalue weighted by molar-refractivity contribution is -0.121. The first-order valence-electron chi connectivity index (χ1n) is 12.6. The van der Waals surface area contributed by atoms with E-state index in [2.05, 4.69) is 27.3 Å². The third-order valence-corrected chi connectivity index (χ3v) is 7.07. The summed E-state index contributed by atoms with van der Waals surface area (Å²) in [6, 6.07) is 8.36. The van der Waals surface area contributed by atoms with Gasteiger partial charge < -0.3 is 19.8 Å². The van der Waals surface area contributed by atoms with Crippen molar-refractivity contribution in [2.45, 2.75) is 52.1 Å². The standard InChI is InChI=1S/C27H37N5O4/c1-18-23(27(34)29-26-25(18)19(2)30-32(26)4)8-9-24(33)28-17-20-6-5-7-22(16-20)36-15-12-31(3)21-10-13-35-14-11-21/h5-7,16,21H,8-15,17H2,1-4H3,(H,28,33)(H,29,34). The Kier molecular flexibility index (Phi) is 8.43. The fourth-order valence-electron chi connectivity index (χ4n) is 4.94. The van der Waals surface area contributed by atoms with Crippen molar-refractivity contribution in [3.8, 4) is 5.75 Å². The average molecular weight is 496 g/mol. The molecule has 1 amide bonds. The molecule has 0 aliphatic carbocycles.